The van der Waals surface area contributed by atoms with Crippen LogP contribution in [0.2, 0.25) is 0 Å². The van der Waals surface area contributed by atoms with Crippen LogP contribution in [0.1, 0.15) is 11.3 Å². The molecule has 0 bridgehead atoms. The van der Waals surface area contributed by atoms with E-state index in [2.05, 4.69) is 53.5 Å². The molecule has 0 aliphatic heterocycles. The lowest BCUT2D eigenvalue weighted by Gasteiger charge is -2.05. The maximum absolute atomic E-state index is 4.49. The Balaban J connectivity index is 2.06. The molecule has 0 saturated heterocycles. The summed E-state index contributed by atoms with van der Waals surface area (Å²) in [7, 11) is 0. The molecule has 1 heterocycles. The van der Waals surface area contributed by atoms with Gasteiger partial charge in [-0.2, -0.15) is 0 Å². The summed E-state index contributed by atoms with van der Waals surface area (Å²) in [5.74, 6) is 0. The molecule has 0 aliphatic rings. The smallest absolute Gasteiger partial charge is 0.0525 e. The molecule has 0 fully saturated rings. The fourth-order valence-corrected chi connectivity index (χ4v) is 2.06. The molecule has 0 spiro atoms. The number of aromatic nitrogens is 1. The van der Waals surface area contributed by atoms with Crippen molar-refractivity contribution >= 4 is 10.8 Å². The molecule has 0 saturated carbocycles. The Morgan fingerprint density at radius 2 is 1.76 bits per heavy atom. The molecule has 1 nitrogen and oxygen atoms in total. The summed E-state index contributed by atoms with van der Waals surface area (Å²) in [6.07, 6.45) is 2.75. The highest BCUT2D eigenvalue weighted by Gasteiger charge is 2.02. The molecule has 2 aromatic carbocycles. The summed E-state index contributed by atoms with van der Waals surface area (Å²) in [6, 6.07) is 21.5. The van der Waals surface area contributed by atoms with Crippen LogP contribution in [0.4, 0.5) is 0 Å². The van der Waals surface area contributed by atoms with Crippen molar-refractivity contribution in [2.24, 2.45) is 0 Å². The number of benzene rings is 2. The van der Waals surface area contributed by atoms with Crippen molar-refractivity contribution < 1.29 is 0 Å². The van der Waals surface area contributed by atoms with Crippen LogP contribution in [0.15, 0.2) is 60.8 Å². The zero-order valence-electron chi connectivity index (χ0n) is 9.43. The zero-order valence-corrected chi connectivity index (χ0v) is 9.43. The highest BCUT2D eigenvalue weighted by Crippen LogP contribution is 2.18. The van der Waals surface area contributed by atoms with Gasteiger partial charge in [0.15, 0.2) is 0 Å². The van der Waals surface area contributed by atoms with Gasteiger partial charge in [-0.1, -0.05) is 48.5 Å². The molecule has 0 amide bonds. The zero-order chi connectivity index (χ0) is 11.5. The number of hydrogen-bond donors (Lipinski definition) is 0. The van der Waals surface area contributed by atoms with E-state index in [0.717, 1.165) is 12.1 Å². The molecule has 1 heteroatoms. The monoisotopic (exact) mass is 218 g/mol. The van der Waals surface area contributed by atoms with Crippen molar-refractivity contribution in [1.29, 1.82) is 0 Å². The predicted octanol–water partition coefficient (Wildman–Crippen LogP) is 3.63. The van der Waals surface area contributed by atoms with Crippen molar-refractivity contribution in [3.8, 4) is 0 Å². The quantitative estimate of drug-likeness (QED) is 0.640. The van der Waals surface area contributed by atoms with Crippen LogP contribution < -0.4 is 0 Å². The standard InChI is InChI=1S/C16H12N/c1-2-6-13(7-3-1)12-16-15-9-5-4-8-14(15)10-11-17-16/h2-11H,12H2. The molecule has 3 rings (SSSR count). The van der Waals surface area contributed by atoms with E-state index in [9.17, 15) is 0 Å². The second-order valence-corrected chi connectivity index (χ2v) is 4.06. The first-order valence-corrected chi connectivity index (χ1v) is 5.71. The summed E-state index contributed by atoms with van der Waals surface area (Å²) >= 11 is 0. The molecular formula is C16H12N. The average molecular weight is 218 g/mol. The lowest BCUT2D eigenvalue weighted by Crippen LogP contribution is -1.93. The Kier molecular flexibility index (Phi) is 2.59. The normalized spacial score (nSPS) is 10.6. The summed E-state index contributed by atoms with van der Waals surface area (Å²) in [5, 5.41) is 2.49. The Morgan fingerprint density at radius 3 is 2.65 bits per heavy atom. The van der Waals surface area contributed by atoms with Gasteiger partial charge in [0.2, 0.25) is 0 Å². The molecule has 81 valence electrons. The van der Waals surface area contributed by atoms with Crippen LogP contribution in [0.25, 0.3) is 10.8 Å². The van der Waals surface area contributed by atoms with Crippen LogP contribution in [0.3, 0.4) is 0 Å². The van der Waals surface area contributed by atoms with Gasteiger partial charge in [0.05, 0.1) is 5.69 Å². The molecule has 1 radical (unpaired) electrons. The fourth-order valence-electron chi connectivity index (χ4n) is 2.06. The molecule has 1 aromatic heterocycles. The molecule has 0 atom stereocenters. The molecular weight excluding hydrogens is 206 g/mol. The van der Waals surface area contributed by atoms with E-state index >= 15 is 0 Å². The first kappa shape index (κ1) is 10.0. The third-order valence-electron chi connectivity index (χ3n) is 2.91. The Hall–Kier alpha value is -2.15. The predicted molar refractivity (Wildman–Crippen MR) is 69.8 cm³/mol. The highest BCUT2D eigenvalue weighted by atomic mass is 14.7. The van der Waals surface area contributed by atoms with Crippen molar-refractivity contribution in [2.45, 2.75) is 6.42 Å². The van der Waals surface area contributed by atoms with E-state index in [1.165, 1.54) is 16.3 Å². The third kappa shape index (κ3) is 2.04. The topological polar surface area (TPSA) is 12.9 Å². The summed E-state index contributed by atoms with van der Waals surface area (Å²) in [6.45, 7) is 0. The van der Waals surface area contributed by atoms with Gasteiger partial charge in [-0.15, -0.1) is 0 Å². The van der Waals surface area contributed by atoms with E-state index in [-0.39, 0.29) is 0 Å². The SMILES string of the molecule is [c]1ccc(Cc2nccc3ccccc23)cc1. The van der Waals surface area contributed by atoms with Crippen LogP contribution >= 0.6 is 0 Å². The minimum absolute atomic E-state index is 0.871. The first-order valence-electron chi connectivity index (χ1n) is 5.71. The highest BCUT2D eigenvalue weighted by molar-refractivity contribution is 5.84. The van der Waals surface area contributed by atoms with Crippen LogP contribution in [0.5, 0.6) is 0 Å². The van der Waals surface area contributed by atoms with Crippen LogP contribution in [-0.2, 0) is 6.42 Å². The molecule has 0 unspecified atom stereocenters. The van der Waals surface area contributed by atoms with Crippen LogP contribution in [0, 0.1) is 6.07 Å². The second kappa shape index (κ2) is 4.38. The van der Waals surface area contributed by atoms with Gasteiger partial charge in [-0.05, 0) is 23.1 Å². The largest absolute Gasteiger partial charge is 0.260 e. The summed E-state index contributed by atoms with van der Waals surface area (Å²) < 4.78 is 0. The minimum atomic E-state index is 0.871. The number of rotatable bonds is 2. The van der Waals surface area contributed by atoms with Crippen molar-refractivity contribution in [3.63, 3.8) is 0 Å². The van der Waals surface area contributed by atoms with E-state index < -0.39 is 0 Å². The van der Waals surface area contributed by atoms with Gasteiger partial charge < -0.3 is 0 Å². The number of pyridine rings is 1. The van der Waals surface area contributed by atoms with Gasteiger partial charge in [-0.3, -0.25) is 4.98 Å². The van der Waals surface area contributed by atoms with E-state index in [1.54, 1.807) is 0 Å². The van der Waals surface area contributed by atoms with Gasteiger partial charge in [0.1, 0.15) is 0 Å². The Bertz CT molecular complexity index is 624. The van der Waals surface area contributed by atoms with Gasteiger partial charge >= 0.3 is 0 Å². The number of fused-ring (bicyclic) bond motifs is 1. The fraction of sp³-hybridized carbons (Fsp3) is 0.0625. The molecule has 0 N–H and O–H groups in total. The Labute approximate surface area is 101 Å². The summed E-state index contributed by atoms with van der Waals surface area (Å²) in [4.78, 5) is 4.49. The van der Waals surface area contributed by atoms with Gasteiger partial charge in [-0.25, -0.2) is 0 Å². The van der Waals surface area contributed by atoms with E-state index in [4.69, 9.17) is 0 Å². The molecule has 3 aromatic rings. The van der Waals surface area contributed by atoms with Crippen molar-refractivity contribution in [2.75, 3.05) is 0 Å². The van der Waals surface area contributed by atoms with Gasteiger partial charge in [0.25, 0.3) is 0 Å². The minimum Gasteiger partial charge on any atom is -0.260 e. The van der Waals surface area contributed by atoms with Crippen molar-refractivity contribution in [1.82, 2.24) is 4.98 Å². The van der Waals surface area contributed by atoms with E-state index in [1.807, 2.05) is 18.3 Å². The van der Waals surface area contributed by atoms with Gasteiger partial charge in [0, 0.05) is 18.0 Å². The second-order valence-electron chi connectivity index (χ2n) is 4.06. The first-order chi connectivity index (χ1) is 8.43. The Morgan fingerprint density at radius 1 is 0.941 bits per heavy atom. The summed E-state index contributed by atoms with van der Waals surface area (Å²) in [5.41, 5.74) is 2.40. The van der Waals surface area contributed by atoms with E-state index in [0.29, 0.717) is 0 Å². The van der Waals surface area contributed by atoms with Crippen LogP contribution in [-0.4, -0.2) is 4.98 Å². The lowest BCUT2D eigenvalue weighted by molar-refractivity contribution is 1.10. The maximum Gasteiger partial charge on any atom is 0.0525 e. The maximum atomic E-state index is 4.49. The van der Waals surface area contributed by atoms with Crippen molar-refractivity contribution in [3.05, 3.63) is 78.1 Å². The number of nitrogens with zero attached hydrogens (tertiary/aromatic N) is 1. The lowest BCUT2D eigenvalue weighted by atomic mass is 10.0. The third-order valence-corrected chi connectivity index (χ3v) is 2.91. The molecule has 17 heavy (non-hydrogen) atoms. The number of hydrogen-bond acceptors (Lipinski definition) is 1. The average Bonchev–Trinajstić information content (AvgIpc) is 2.40. The molecule has 0 aliphatic carbocycles.